The van der Waals surface area contributed by atoms with Gasteiger partial charge in [-0.3, -0.25) is 4.79 Å². The highest BCUT2D eigenvalue weighted by Crippen LogP contribution is 2.42. The van der Waals surface area contributed by atoms with E-state index in [0.29, 0.717) is 24.4 Å². The first kappa shape index (κ1) is 18.2. The van der Waals surface area contributed by atoms with E-state index in [1.165, 1.54) is 19.3 Å². The lowest BCUT2D eigenvalue weighted by Crippen LogP contribution is -2.49. The zero-order valence-electron chi connectivity index (χ0n) is 15.8. The molecule has 0 aliphatic heterocycles. The van der Waals surface area contributed by atoms with E-state index in [1.54, 1.807) is 0 Å². The number of hydrogen-bond donors (Lipinski definition) is 1. The molecule has 0 spiro atoms. The van der Waals surface area contributed by atoms with Crippen LogP contribution in [0.2, 0.25) is 0 Å². The van der Waals surface area contributed by atoms with Gasteiger partial charge in [0.15, 0.2) is 0 Å². The summed E-state index contributed by atoms with van der Waals surface area (Å²) in [5, 5.41) is 0. The van der Waals surface area contributed by atoms with Crippen LogP contribution >= 0.6 is 0 Å². The van der Waals surface area contributed by atoms with Crippen molar-refractivity contribution in [2.24, 2.45) is 23.5 Å². The van der Waals surface area contributed by atoms with Gasteiger partial charge in [-0.15, -0.1) is 0 Å². The predicted molar refractivity (Wildman–Crippen MR) is 100 cm³/mol. The number of nitrogens with zero attached hydrogens (tertiary/aromatic N) is 1. The maximum Gasteiger partial charge on any atom is 0.225 e. The molecule has 2 N–H and O–H groups in total. The van der Waals surface area contributed by atoms with Crippen molar-refractivity contribution in [3.63, 3.8) is 0 Å². The molecular weight excluding hydrogens is 312 g/mol. The first-order chi connectivity index (χ1) is 11.9. The standard InChI is InChI=1S/C21H32N2O2/c1-14(2)25-19-9-4-6-15(10-19)13-23(3)21(24)18-11-16-7-5-8-17(12-18)20(16)22/h4,6,9-10,14,16-18,20H,5,7-8,11-13,22H2,1-3H3. The molecule has 4 heteroatoms. The van der Waals surface area contributed by atoms with Gasteiger partial charge in [-0.2, -0.15) is 0 Å². The molecular formula is C21H32N2O2. The molecule has 1 amide bonds. The van der Waals surface area contributed by atoms with Gasteiger partial charge in [-0.05, 0) is 69.1 Å². The van der Waals surface area contributed by atoms with Crippen molar-refractivity contribution >= 4 is 5.91 Å². The van der Waals surface area contributed by atoms with Gasteiger partial charge in [0.1, 0.15) is 5.75 Å². The Morgan fingerprint density at radius 3 is 2.60 bits per heavy atom. The van der Waals surface area contributed by atoms with E-state index in [0.717, 1.165) is 24.2 Å². The Morgan fingerprint density at radius 2 is 1.96 bits per heavy atom. The highest BCUT2D eigenvalue weighted by atomic mass is 16.5. The number of benzene rings is 1. The smallest absolute Gasteiger partial charge is 0.225 e. The lowest BCUT2D eigenvalue weighted by molar-refractivity contribution is -0.137. The number of fused-ring (bicyclic) bond motifs is 2. The molecule has 2 aliphatic rings. The van der Waals surface area contributed by atoms with Crippen LogP contribution in [0, 0.1) is 17.8 Å². The van der Waals surface area contributed by atoms with Crippen molar-refractivity contribution in [2.45, 2.75) is 64.6 Å². The molecule has 2 fully saturated rings. The summed E-state index contributed by atoms with van der Waals surface area (Å²) in [6.45, 7) is 4.67. The van der Waals surface area contributed by atoms with Crippen molar-refractivity contribution in [1.29, 1.82) is 0 Å². The van der Waals surface area contributed by atoms with Crippen molar-refractivity contribution in [3.8, 4) is 5.75 Å². The van der Waals surface area contributed by atoms with Crippen molar-refractivity contribution < 1.29 is 9.53 Å². The molecule has 25 heavy (non-hydrogen) atoms. The summed E-state index contributed by atoms with van der Waals surface area (Å²) in [5.41, 5.74) is 7.48. The highest BCUT2D eigenvalue weighted by molar-refractivity contribution is 5.78. The number of rotatable bonds is 5. The minimum Gasteiger partial charge on any atom is -0.491 e. The van der Waals surface area contributed by atoms with Crippen LogP contribution in [0.3, 0.4) is 0 Å². The number of ether oxygens (including phenoxy) is 1. The van der Waals surface area contributed by atoms with Gasteiger partial charge in [0.05, 0.1) is 6.10 Å². The summed E-state index contributed by atoms with van der Waals surface area (Å²) < 4.78 is 5.76. The molecule has 4 nitrogen and oxygen atoms in total. The Balaban J connectivity index is 1.61. The average molecular weight is 344 g/mol. The molecule has 138 valence electrons. The molecule has 2 atom stereocenters. The Bertz CT molecular complexity index is 587. The monoisotopic (exact) mass is 344 g/mol. The maximum absolute atomic E-state index is 13.0. The molecule has 0 radical (unpaired) electrons. The van der Waals surface area contributed by atoms with Crippen LogP contribution in [0.25, 0.3) is 0 Å². The fraction of sp³-hybridized carbons (Fsp3) is 0.667. The summed E-state index contributed by atoms with van der Waals surface area (Å²) in [6, 6.07) is 8.37. The summed E-state index contributed by atoms with van der Waals surface area (Å²) in [6.07, 6.45) is 5.76. The van der Waals surface area contributed by atoms with Gasteiger partial charge in [0, 0.05) is 25.6 Å². The fourth-order valence-electron chi connectivity index (χ4n) is 4.64. The third-order valence-corrected chi connectivity index (χ3v) is 5.83. The predicted octanol–water partition coefficient (Wildman–Crippen LogP) is 3.59. The number of carbonyl (C=O) groups excluding carboxylic acids is 1. The molecule has 2 bridgehead atoms. The van der Waals surface area contributed by atoms with Crippen LogP contribution in [0.4, 0.5) is 0 Å². The van der Waals surface area contributed by atoms with Gasteiger partial charge >= 0.3 is 0 Å². The normalized spacial score (nSPS) is 28.7. The van der Waals surface area contributed by atoms with Crippen LogP contribution in [0.5, 0.6) is 5.75 Å². The number of carbonyl (C=O) groups is 1. The van der Waals surface area contributed by atoms with Crippen molar-refractivity contribution in [1.82, 2.24) is 4.90 Å². The highest BCUT2D eigenvalue weighted by Gasteiger charge is 2.41. The summed E-state index contributed by atoms with van der Waals surface area (Å²) in [4.78, 5) is 14.8. The maximum atomic E-state index is 13.0. The van der Waals surface area contributed by atoms with Gasteiger partial charge in [0.25, 0.3) is 0 Å². The molecule has 2 unspecified atom stereocenters. The number of amides is 1. The van der Waals surface area contributed by atoms with Crippen molar-refractivity contribution in [2.75, 3.05) is 7.05 Å². The third kappa shape index (κ3) is 4.35. The lowest BCUT2D eigenvalue weighted by Gasteiger charge is -2.44. The minimum absolute atomic E-state index is 0.148. The SMILES string of the molecule is CC(C)Oc1cccc(CN(C)C(=O)C2CC3CCCC(C2)C3N)c1. The first-order valence-corrected chi connectivity index (χ1v) is 9.70. The van der Waals surface area contributed by atoms with Gasteiger partial charge in [0.2, 0.25) is 5.91 Å². The van der Waals surface area contributed by atoms with Crippen LogP contribution in [0.15, 0.2) is 24.3 Å². The fourth-order valence-corrected chi connectivity index (χ4v) is 4.64. The quantitative estimate of drug-likeness (QED) is 0.888. The minimum atomic E-state index is 0.148. The topological polar surface area (TPSA) is 55.6 Å². The van der Waals surface area contributed by atoms with Gasteiger partial charge in [-0.25, -0.2) is 0 Å². The number of nitrogens with two attached hydrogens (primary N) is 1. The summed E-state index contributed by atoms with van der Waals surface area (Å²) >= 11 is 0. The van der Waals surface area contributed by atoms with E-state index in [1.807, 2.05) is 44.0 Å². The molecule has 0 saturated heterocycles. The molecule has 1 aromatic carbocycles. The molecule has 2 saturated carbocycles. The van der Waals surface area contributed by atoms with E-state index in [9.17, 15) is 4.79 Å². The third-order valence-electron chi connectivity index (χ3n) is 5.83. The lowest BCUT2D eigenvalue weighted by atomic mass is 9.65. The number of hydrogen-bond acceptors (Lipinski definition) is 3. The second kappa shape index (κ2) is 7.77. The largest absolute Gasteiger partial charge is 0.491 e. The Kier molecular flexibility index (Phi) is 5.67. The molecule has 1 aromatic rings. The van der Waals surface area contributed by atoms with Crippen LogP contribution in [-0.2, 0) is 11.3 Å². The second-order valence-corrected chi connectivity index (χ2v) is 8.21. The molecule has 0 heterocycles. The first-order valence-electron chi connectivity index (χ1n) is 9.70. The summed E-state index contributed by atoms with van der Waals surface area (Å²) in [5.74, 6) is 2.37. The van der Waals surface area contributed by atoms with Crippen LogP contribution < -0.4 is 10.5 Å². The Morgan fingerprint density at radius 1 is 1.28 bits per heavy atom. The zero-order valence-corrected chi connectivity index (χ0v) is 15.8. The van der Waals surface area contributed by atoms with E-state index in [-0.39, 0.29) is 17.9 Å². The zero-order chi connectivity index (χ0) is 18.0. The Hall–Kier alpha value is -1.55. The van der Waals surface area contributed by atoms with E-state index in [4.69, 9.17) is 10.5 Å². The van der Waals surface area contributed by atoms with E-state index >= 15 is 0 Å². The van der Waals surface area contributed by atoms with Crippen LogP contribution in [-0.4, -0.2) is 30.0 Å². The molecule has 2 aliphatic carbocycles. The molecule has 0 aromatic heterocycles. The van der Waals surface area contributed by atoms with Gasteiger partial charge < -0.3 is 15.4 Å². The van der Waals surface area contributed by atoms with E-state index in [2.05, 4.69) is 6.07 Å². The second-order valence-electron chi connectivity index (χ2n) is 8.21. The molecule has 3 rings (SSSR count). The average Bonchev–Trinajstić information content (AvgIpc) is 2.53. The van der Waals surface area contributed by atoms with Crippen molar-refractivity contribution in [3.05, 3.63) is 29.8 Å². The van der Waals surface area contributed by atoms with Gasteiger partial charge in [-0.1, -0.05) is 18.6 Å². The van der Waals surface area contributed by atoms with Crippen LogP contribution in [0.1, 0.15) is 51.5 Å². The summed E-state index contributed by atoms with van der Waals surface area (Å²) in [7, 11) is 1.92. The van der Waals surface area contributed by atoms with E-state index < -0.39 is 0 Å². The Labute approximate surface area is 151 Å².